The van der Waals surface area contributed by atoms with Crippen LogP contribution >= 0.6 is 0 Å². The number of methoxy groups -OCH3 is 3. The summed E-state index contributed by atoms with van der Waals surface area (Å²) in [5.74, 6) is 1.38. The highest BCUT2D eigenvalue weighted by atomic mass is 16.6. The SMILES string of the molecule is COc1ccc(C(OC[C@H]2O[C@@H](n3ccc(=O)[nH]c3=O)[C@H](OC)[C@@H]2O)(c2ccccc2)c2ccc(OC)cc2)cc1. The minimum absolute atomic E-state index is 0.0669. The zero-order valence-electron chi connectivity index (χ0n) is 22.9. The molecular formula is C31H32N2O8. The number of ether oxygens (including phenoxy) is 5. The van der Waals surface area contributed by atoms with Gasteiger partial charge in [0.15, 0.2) is 6.23 Å². The third-order valence-electron chi connectivity index (χ3n) is 7.35. The van der Waals surface area contributed by atoms with Gasteiger partial charge in [0.1, 0.15) is 35.4 Å². The van der Waals surface area contributed by atoms with Crippen LogP contribution < -0.4 is 20.7 Å². The van der Waals surface area contributed by atoms with E-state index in [9.17, 15) is 14.7 Å². The van der Waals surface area contributed by atoms with E-state index in [-0.39, 0.29) is 6.61 Å². The van der Waals surface area contributed by atoms with Crippen LogP contribution in [-0.2, 0) is 19.8 Å². The van der Waals surface area contributed by atoms with Crippen molar-refractivity contribution >= 4 is 0 Å². The molecule has 4 aromatic rings. The van der Waals surface area contributed by atoms with Gasteiger partial charge in [-0.25, -0.2) is 4.79 Å². The molecule has 1 aromatic heterocycles. The van der Waals surface area contributed by atoms with Crippen LogP contribution in [0.4, 0.5) is 0 Å². The van der Waals surface area contributed by atoms with Crippen molar-refractivity contribution in [2.45, 2.75) is 30.1 Å². The van der Waals surface area contributed by atoms with Crippen molar-refractivity contribution in [3.8, 4) is 11.5 Å². The summed E-state index contributed by atoms with van der Waals surface area (Å²) in [5, 5.41) is 11.2. The van der Waals surface area contributed by atoms with Crippen LogP contribution in [0.15, 0.2) is 101 Å². The molecule has 1 aliphatic rings. The lowest BCUT2D eigenvalue weighted by molar-refractivity contribution is -0.0967. The maximum atomic E-state index is 12.5. The second-order valence-electron chi connectivity index (χ2n) is 9.59. The Morgan fingerprint density at radius 3 is 1.90 bits per heavy atom. The molecule has 0 bridgehead atoms. The molecule has 10 heteroatoms. The molecular weight excluding hydrogens is 528 g/mol. The number of hydrogen-bond acceptors (Lipinski definition) is 8. The van der Waals surface area contributed by atoms with Gasteiger partial charge < -0.3 is 28.8 Å². The summed E-state index contributed by atoms with van der Waals surface area (Å²) in [6, 6.07) is 26.1. The Labute approximate surface area is 236 Å². The summed E-state index contributed by atoms with van der Waals surface area (Å²) in [4.78, 5) is 26.3. The van der Waals surface area contributed by atoms with Crippen LogP contribution in [0.3, 0.4) is 0 Å². The van der Waals surface area contributed by atoms with Crippen molar-refractivity contribution in [2.75, 3.05) is 27.9 Å². The molecule has 1 aliphatic heterocycles. The number of hydrogen-bond donors (Lipinski definition) is 2. The van der Waals surface area contributed by atoms with Crippen LogP contribution in [0.2, 0.25) is 0 Å². The summed E-state index contributed by atoms with van der Waals surface area (Å²) in [5.41, 5.74) is 0.147. The third kappa shape index (κ3) is 5.42. The first kappa shape index (κ1) is 28.3. The summed E-state index contributed by atoms with van der Waals surface area (Å²) in [6.07, 6.45) is -2.56. The molecule has 0 unspecified atom stereocenters. The number of H-pyrrole nitrogens is 1. The molecule has 0 spiro atoms. The predicted molar refractivity (Wildman–Crippen MR) is 150 cm³/mol. The fourth-order valence-corrected chi connectivity index (χ4v) is 5.24. The van der Waals surface area contributed by atoms with Gasteiger partial charge >= 0.3 is 5.69 Å². The maximum Gasteiger partial charge on any atom is 0.330 e. The largest absolute Gasteiger partial charge is 0.497 e. The minimum Gasteiger partial charge on any atom is -0.497 e. The van der Waals surface area contributed by atoms with E-state index in [4.69, 9.17) is 23.7 Å². The molecule has 0 aliphatic carbocycles. The van der Waals surface area contributed by atoms with Gasteiger partial charge in [0.05, 0.1) is 20.8 Å². The Morgan fingerprint density at radius 1 is 0.829 bits per heavy atom. The van der Waals surface area contributed by atoms with Gasteiger partial charge in [-0.1, -0.05) is 54.6 Å². The van der Waals surface area contributed by atoms with Crippen molar-refractivity contribution in [1.29, 1.82) is 0 Å². The molecule has 0 amide bonds. The highest BCUT2D eigenvalue weighted by Gasteiger charge is 2.47. The fourth-order valence-electron chi connectivity index (χ4n) is 5.24. The fraction of sp³-hybridized carbons (Fsp3) is 0.290. The number of aliphatic hydroxyl groups is 1. The quantitative estimate of drug-likeness (QED) is 0.284. The van der Waals surface area contributed by atoms with E-state index in [0.29, 0.717) is 11.5 Å². The van der Waals surface area contributed by atoms with Crippen LogP contribution in [0.1, 0.15) is 22.9 Å². The first-order chi connectivity index (χ1) is 19.9. The molecule has 3 aromatic carbocycles. The van der Waals surface area contributed by atoms with Crippen molar-refractivity contribution < 1.29 is 28.8 Å². The number of nitrogens with one attached hydrogen (secondary N) is 1. The average Bonchev–Trinajstić information content (AvgIpc) is 3.33. The average molecular weight is 561 g/mol. The monoisotopic (exact) mass is 560 g/mol. The first-order valence-corrected chi connectivity index (χ1v) is 13.1. The van der Waals surface area contributed by atoms with Gasteiger partial charge in [0, 0.05) is 19.4 Å². The summed E-state index contributed by atoms with van der Waals surface area (Å²) in [6.45, 7) is -0.0669. The third-order valence-corrected chi connectivity index (χ3v) is 7.35. The Morgan fingerprint density at radius 2 is 1.39 bits per heavy atom. The van der Waals surface area contributed by atoms with Gasteiger partial charge in [0.2, 0.25) is 0 Å². The highest BCUT2D eigenvalue weighted by Crippen LogP contribution is 2.43. The van der Waals surface area contributed by atoms with E-state index in [2.05, 4.69) is 4.98 Å². The molecule has 4 atom stereocenters. The van der Waals surface area contributed by atoms with Gasteiger partial charge in [-0.3, -0.25) is 14.3 Å². The lowest BCUT2D eigenvalue weighted by Gasteiger charge is -2.37. The van der Waals surface area contributed by atoms with E-state index in [0.717, 1.165) is 16.7 Å². The van der Waals surface area contributed by atoms with Crippen molar-refractivity contribution in [3.05, 3.63) is 129 Å². The molecule has 2 heterocycles. The molecule has 214 valence electrons. The molecule has 0 radical (unpaired) electrons. The lowest BCUT2D eigenvalue weighted by Crippen LogP contribution is -2.40. The van der Waals surface area contributed by atoms with E-state index in [1.165, 1.54) is 23.9 Å². The second kappa shape index (κ2) is 12.1. The normalized spacial score (nSPS) is 20.6. The molecule has 41 heavy (non-hydrogen) atoms. The Kier molecular flexibility index (Phi) is 8.36. The number of aromatic amines is 1. The van der Waals surface area contributed by atoms with Crippen LogP contribution in [0, 0.1) is 0 Å². The lowest BCUT2D eigenvalue weighted by atomic mass is 9.80. The molecule has 1 saturated heterocycles. The Balaban J connectivity index is 1.57. The molecule has 0 saturated carbocycles. The van der Waals surface area contributed by atoms with Crippen LogP contribution in [0.5, 0.6) is 11.5 Å². The van der Waals surface area contributed by atoms with E-state index >= 15 is 0 Å². The summed E-state index contributed by atoms with van der Waals surface area (Å²) >= 11 is 0. The molecule has 1 fully saturated rings. The summed E-state index contributed by atoms with van der Waals surface area (Å²) in [7, 11) is 4.64. The van der Waals surface area contributed by atoms with E-state index < -0.39 is 41.4 Å². The van der Waals surface area contributed by atoms with Crippen molar-refractivity contribution in [2.24, 2.45) is 0 Å². The second-order valence-corrected chi connectivity index (χ2v) is 9.59. The van der Waals surface area contributed by atoms with Gasteiger partial charge in [-0.05, 0) is 41.0 Å². The number of aromatic nitrogens is 2. The number of nitrogens with zero attached hydrogens (tertiary/aromatic N) is 1. The van der Waals surface area contributed by atoms with Crippen molar-refractivity contribution in [3.63, 3.8) is 0 Å². The Bertz CT molecular complexity index is 1500. The topological polar surface area (TPSA) is 121 Å². The summed E-state index contributed by atoms with van der Waals surface area (Å²) < 4.78 is 30.5. The zero-order chi connectivity index (χ0) is 29.0. The predicted octanol–water partition coefficient (Wildman–Crippen LogP) is 2.84. The number of aliphatic hydroxyl groups excluding tert-OH is 1. The maximum absolute atomic E-state index is 12.5. The zero-order valence-corrected chi connectivity index (χ0v) is 22.9. The smallest absolute Gasteiger partial charge is 0.330 e. The minimum atomic E-state index is -1.14. The van der Waals surface area contributed by atoms with Crippen LogP contribution in [-0.4, -0.2) is 60.9 Å². The number of rotatable bonds is 10. The molecule has 10 nitrogen and oxygen atoms in total. The van der Waals surface area contributed by atoms with E-state index in [1.54, 1.807) is 14.2 Å². The standard InChI is InChI=1S/C31H32N2O8/c1-37-23-13-9-21(10-14-23)31(20-7-5-4-6-8-20,22-11-15-24(38-2)16-12-22)40-19-25-27(35)28(39-3)29(41-25)33-18-17-26(34)32-30(33)36/h4-18,25,27-29,35H,19H2,1-3H3,(H,32,34,36)/t25-,27-,28-,29-/m1/s1. The van der Waals surface area contributed by atoms with E-state index in [1.807, 2.05) is 78.9 Å². The highest BCUT2D eigenvalue weighted by molar-refractivity contribution is 5.49. The molecule has 5 rings (SSSR count). The number of benzene rings is 3. The van der Waals surface area contributed by atoms with Gasteiger partial charge in [0.25, 0.3) is 5.56 Å². The van der Waals surface area contributed by atoms with Crippen molar-refractivity contribution in [1.82, 2.24) is 9.55 Å². The van der Waals surface area contributed by atoms with Crippen LogP contribution in [0.25, 0.3) is 0 Å². The first-order valence-electron chi connectivity index (χ1n) is 13.1. The van der Waals surface area contributed by atoms with Gasteiger partial charge in [-0.15, -0.1) is 0 Å². The molecule has 2 N–H and O–H groups in total. The van der Waals surface area contributed by atoms with Gasteiger partial charge in [-0.2, -0.15) is 0 Å². The Hall–Kier alpha value is -4.22.